The van der Waals surface area contributed by atoms with Gasteiger partial charge in [-0.3, -0.25) is 0 Å². The minimum atomic E-state index is 0.580. The van der Waals surface area contributed by atoms with Gasteiger partial charge >= 0.3 is 0 Å². The summed E-state index contributed by atoms with van der Waals surface area (Å²) >= 11 is 12.0. The molecule has 0 N–H and O–H groups in total. The number of rotatable bonds is 2. The number of fused-ring (bicyclic) bond motifs is 2. The van der Waals surface area contributed by atoms with Crippen LogP contribution in [0.15, 0.2) is 51.4 Å². The lowest BCUT2D eigenvalue weighted by Crippen LogP contribution is -2.30. The molecule has 0 spiro atoms. The fraction of sp³-hybridized carbons (Fsp3) is 0.158. The van der Waals surface area contributed by atoms with E-state index in [-0.39, 0.29) is 0 Å². The van der Waals surface area contributed by atoms with Crippen LogP contribution in [0.25, 0.3) is 22.4 Å². The Labute approximate surface area is 159 Å². The Morgan fingerprint density at radius 3 is 2.65 bits per heavy atom. The van der Waals surface area contributed by atoms with Crippen LogP contribution in [0.4, 0.5) is 6.01 Å². The molecule has 26 heavy (non-hydrogen) atoms. The van der Waals surface area contributed by atoms with Crippen molar-refractivity contribution in [3.05, 3.63) is 63.8 Å². The smallest absolute Gasteiger partial charge is 0.298 e. The fourth-order valence-electron chi connectivity index (χ4n) is 3.23. The molecule has 0 saturated heterocycles. The Balaban J connectivity index is 1.50. The highest BCUT2D eigenvalue weighted by molar-refractivity contribution is 6.31. The molecule has 5 rings (SSSR count). The molecule has 3 heterocycles. The number of oxazole rings is 1. The molecule has 0 unspecified atom stereocenters. The van der Waals surface area contributed by atoms with Crippen molar-refractivity contribution in [2.45, 2.75) is 13.0 Å². The summed E-state index contributed by atoms with van der Waals surface area (Å²) in [5.41, 5.74) is 4.46. The van der Waals surface area contributed by atoms with Crippen LogP contribution < -0.4 is 4.90 Å². The van der Waals surface area contributed by atoms with Gasteiger partial charge in [-0.15, -0.1) is 0 Å². The molecular weight excluding hydrogens is 373 g/mol. The van der Waals surface area contributed by atoms with Crippen molar-refractivity contribution in [2.75, 3.05) is 11.4 Å². The van der Waals surface area contributed by atoms with Gasteiger partial charge in [-0.2, -0.15) is 4.98 Å². The summed E-state index contributed by atoms with van der Waals surface area (Å²) in [4.78, 5) is 6.67. The highest BCUT2D eigenvalue weighted by Crippen LogP contribution is 2.34. The lowest BCUT2D eigenvalue weighted by molar-refractivity contribution is 0.423. The van der Waals surface area contributed by atoms with Crippen molar-refractivity contribution in [3.8, 4) is 11.3 Å². The predicted octanol–water partition coefficient (Wildman–Crippen LogP) is 5.35. The molecule has 5 nitrogen and oxygen atoms in total. The van der Waals surface area contributed by atoms with E-state index in [1.54, 1.807) is 12.1 Å². The molecule has 0 radical (unpaired) electrons. The SMILES string of the molecule is Clc1ccc(-c2onc3c2CN(c2nc4cc(Cl)ccc4o2)CC3)cc1. The van der Waals surface area contributed by atoms with Crippen LogP contribution in [-0.4, -0.2) is 16.7 Å². The monoisotopic (exact) mass is 385 g/mol. The van der Waals surface area contributed by atoms with Crippen LogP contribution in [-0.2, 0) is 13.0 Å². The molecule has 2 aromatic carbocycles. The molecule has 0 atom stereocenters. The molecule has 0 bridgehead atoms. The summed E-state index contributed by atoms with van der Waals surface area (Å²) in [6, 6.07) is 13.6. The number of halogens is 2. The Morgan fingerprint density at radius 1 is 1.00 bits per heavy atom. The van der Waals surface area contributed by atoms with E-state index < -0.39 is 0 Å². The first kappa shape index (κ1) is 15.7. The molecule has 1 aliphatic heterocycles. The van der Waals surface area contributed by atoms with Gasteiger partial charge in [0.2, 0.25) is 0 Å². The Hall–Kier alpha value is -2.50. The third-order valence-corrected chi connectivity index (χ3v) is 5.04. The third-order valence-electron chi connectivity index (χ3n) is 4.55. The number of hydrogen-bond acceptors (Lipinski definition) is 5. The van der Waals surface area contributed by atoms with Crippen molar-refractivity contribution in [1.29, 1.82) is 0 Å². The summed E-state index contributed by atoms with van der Waals surface area (Å²) in [5, 5.41) is 5.56. The normalized spacial score (nSPS) is 14.0. The number of aromatic nitrogens is 2. The minimum Gasteiger partial charge on any atom is -0.423 e. The third kappa shape index (κ3) is 2.64. The largest absolute Gasteiger partial charge is 0.423 e. The minimum absolute atomic E-state index is 0.580. The van der Waals surface area contributed by atoms with Crippen molar-refractivity contribution in [1.82, 2.24) is 10.1 Å². The number of hydrogen-bond donors (Lipinski definition) is 0. The molecule has 1 aliphatic rings. The molecule has 0 saturated carbocycles. The Bertz CT molecular complexity index is 1100. The summed E-state index contributed by atoms with van der Waals surface area (Å²) in [7, 11) is 0. The first-order valence-corrected chi connectivity index (χ1v) is 8.97. The van der Waals surface area contributed by atoms with Crippen LogP contribution in [0.3, 0.4) is 0 Å². The van der Waals surface area contributed by atoms with E-state index in [4.69, 9.17) is 32.1 Å². The van der Waals surface area contributed by atoms with E-state index in [0.29, 0.717) is 22.6 Å². The lowest BCUT2D eigenvalue weighted by atomic mass is 10.0. The summed E-state index contributed by atoms with van der Waals surface area (Å²) in [6.07, 6.45) is 0.770. The molecule has 130 valence electrons. The number of anilines is 1. The highest BCUT2D eigenvalue weighted by atomic mass is 35.5. The maximum absolute atomic E-state index is 6.04. The van der Waals surface area contributed by atoms with Crippen LogP contribution in [0.1, 0.15) is 11.3 Å². The zero-order valence-electron chi connectivity index (χ0n) is 13.6. The maximum atomic E-state index is 6.04. The maximum Gasteiger partial charge on any atom is 0.298 e. The quantitative estimate of drug-likeness (QED) is 0.465. The predicted molar refractivity (Wildman–Crippen MR) is 101 cm³/mol. The van der Waals surface area contributed by atoms with Gasteiger partial charge in [-0.1, -0.05) is 28.4 Å². The summed E-state index contributed by atoms with van der Waals surface area (Å²) in [6.45, 7) is 1.39. The van der Waals surface area contributed by atoms with E-state index in [1.165, 1.54) is 0 Å². The Morgan fingerprint density at radius 2 is 1.81 bits per heavy atom. The standard InChI is InChI=1S/C19H13Cl2N3O2/c20-12-3-1-11(2-4-12)18-14-10-24(8-7-15(14)23-26-18)19-22-16-9-13(21)5-6-17(16)25-19/h1-6,9H,7-8,10H2. The zero-order chi connectivity index (χ0) is 17.7. The van der Waals surface area contributed by atoms with Crippen LogP contribution in [0, 0.1) is 0 Å². The Kier molecular flexibility index (Phi) is 3.65. The van der Waals surface area contributed by atoms with Crippen molar-refractivity contribution < 1.29 is 8.94 Å². The fourth-order valence-corrected chi connectivity index (χ4v) is 3.52. The first-order chi connectivity index (χ1) is 12.7. The number of nitrogens with zero attached hydrogens (tertiary/aromatic N) is 3. The molecular formula is C19H13Cl2N3O2. The molecule has 0 amide bonds. The van der Waals surface area contributed by atoms with Crippen LogP contribution in [0.2, 0.25) is 10.0 Å². The molecule has 0 fully saturated rings. The number of benzene rings is 2. The van der Waals surface area contributed by atoms with Gasteiger partial charge < -0.3 is 13.8 Å². The lowest BCUT2D eigenvalue weighted by Gasteiger charge is -2.24. The average Bonchev–Trinajstić information content (AvgIpc) is 3.25. The van der Waals surface area contributed by atoms with Gasteiger partial charge in [-0.25, -0.2) is 0 Å². The zero-order valence-corrected chi connectivity index (χ0v) is 15.1. The van der Waals surface area contributed by atoms with Crippen LogP contribution in [0.5, 0.6) is 0 Å². The van der Waals surface area contributed by atoms with Gasteiger partial charge in [0.25, 0.3) is 6.01 Å². The summed E-state index contributed by atoms with van der Waals surface area (Å²) < 4.78 is 11.5. The van der Waals surface area contributed by atoms with Crippen molar-refractivity contribution in [3.63, 3.8) is 0 Å². The first-order valence-electron chi connectivity index (χ1n) is 8.22. The van der Waals surface area contributed by atoms with Gasteiger partial charge in [-0.05, 0) is 42.5 Å². The molecule has 0 aliphatic carbocycles. The highest BCUT2D eigenvalue weighted by Gasteiger charge is 2.27. The second kappa shape index (κ2) is 6.04. The van der Waals surface area contributed by atoms with Gasteiger partial charge in [0.15, 0.2) is 11.3 Å². The van der Waals surface area contributed by atoms with Crippen molar-refractivity contribution >= 4 is 40.3 Å². The van der Waals surface area contributed by atoms with Gasteiger partial charge in [0.05, 0.1) is 12.2 Å². The van der Waals surface area contributed by atoms with E-state index in [9.17, 15) is 0 Å². The summed E-state index contributed by atoms with van der Waals surface area (Å²) in [5.74, 6) is 0.764. The second-order valence-electron chi connectivity index (χ2n) is 6.22. The van der Waals surface area contributed by atoms with E-state index >= 15 is 0 Å². The van der Waals surface area contributed by atoms with Gasteiger partial charge in [0.1, 0.15) is 5.52 Å². The van der Waals surface area contributed by atoms with Crippen molar-refractivity contribution in [2.24, 2.45) is 0 Å². The van der Waals surface area contributed by atoms with Crippen LogP contribution >= 0.6 is 23.2 Å². The van der Waals surface area contributed by atoms with Gasteiger partial charge in [0, 0.05) is 34.1 Å². The average molecular weight is 386 g/mol. The van der Waals surface area contributed by atoms with E-state index in [0.717, 1.165) is 46.6 Å². The molecule has 2 aromatic heterocycles. The van der Waals surface area contributed by atoms with E-state index in [2.05, 4.69) is 15.0 Å². The second-order valence-corrected chi connectivity index (χ2v) is 7.10. The van der Waals surface area contributed by atoms with E-state index in [1.807, 2.05) is 30.3 Å². The topological polar surface area (TPSA) is 55.3 Å². The molecule has 7 heteroatoms. The molecule has 4 aromatic rings.